The van der Waals surface area contributed by atoms with E-state index in [2.05, 4.69) is 0 Å². The van der Waals surface area contributed by atoms with Gasteiger partial charge >= 0.3 is 7.60 Å². The van der Waals surface area contributed by atoms with Crippen molar-refractivity contribution in [1.82, 2.24) is 0 Å². The fourth-order valence-corrected chi connectivity index (χ4v) is 4.93. The summed E-state index contributed by atoms with van der Waals surface area (Å²) < 4.78 is 26.6. The van der Waals surface area contributed by atoms with Crippen molar-refractivity contribution in [3.8, 4) is 11.5 Å². The lowest BCUT2D eigenvalue weighted by atomic mass is 10.1. The SMILES string of the molecule is Cc1ccc(C)c(OP(=O)(Oc2c(C)ccc(C)c2C)c2ccccc2)c1C. The molecule has 0 saturated carbocycles. The minimum absolute atomic E-state index is 0.538. The van der Waals surface area contributed by atoms with Gasteiger partial charge in [0.25, 0.3) is 0 Å². The Labute approximate surface area is 167 Å². The van der Waals surface area contributed by atoms with E-state index in [1.54, 1.807) is 12.1 Å². The maximum absolute atomic E-state index is 14.1. The summed E-state index contributed by atoms with van der Waals surface area (Å²) in [6, 6.07) is 17.2. The molecule has 0 aliphatic rings. The molecule has 3 aromatic carbocycles. The largest absolute Gasteiger partial charge is 0.462 e. The first-order valence-corrected chi connectivity index (χ1v) is 11.0. The number of rotatable bonds is 5. The molecule has 0 spiro atoms. The fourth-order valence-electron chi connectivity index (χ4n) is 3.11. The molecule has 0 atom stereocenters. The van der Waals surface area contributed by atoms with Gasteiger partial charge in [0.2, 0.25) is 0 Å². The highest BCUT2D eigenvalue weighted by Crippen LogP contribution is 2.50. The molecule has 0 aromatic heterocycles. The van der Waals surface area contributed by atoms with Crippen LogP contribution in [0.5, 0.6) is 11.5 Å². The summed E-state index contributed by atoms with van der Waals surface area (Å²) in [4.78, 5) is 0. The smallest absolute Gasteiger partial charge is 0.412 e. The quantitative estimate of drug-likeness (QED) is 0.463. The summed E-state index contributed by atoms with van der Waals surface area (Å²) in [5, 5.41) is 0.538. The van der Waals surface area contributed by atoms with Crippen LogP contribution in [0, 0.1) is 41.5 Å². The van der Waals surface area contributed by atoms with Gasteiger partial charge in [0.15, 0.2) is 0 Å². The van der Waals surface area contributed by atoms with Gasteiger partial charge in [-0.2, -0.15) is 0 Å². The van der Waals surface area contributed by atoms with Crippen LogP contribution in [-0.2, 0) is 4.57 Å². The van der Waals surface area contributed by atoms with Gasteiger partial charge in [0.1, 0.15) is 11.5 Å². The van der Waals surface area contributed by atoms with Crippen LogP contribution in [0.25, 0.3) is 0 Å². The molecule has 0 N–H and O–H groups in total. The van der Waals surface area contributed by atoms with Crippen LogP contribution in [0.1, 0.15) is 33.4 Å². The second-order valence-corrected chi connectivity index (χ2v) is 9.20. The zero-order valence-electron chi connectivity index (χ0n) is 17.4. The summed E-state index contributed by atoms with van der Waals surface area (Å²) in [6.45, 7) is 11.9. The van der Waals surface area contributed by atoms with Crippen LogP contribution in [0.3, 0.4) is 0 Å². The highest BCUT2D eigenvalue weighted by molar-refractivity contribution is 7.63. The third-order valence-electron chi connectivity index (χ3n) is 5.24. The first-order chi connectivity index (χ1) is 13.2. The molecular formula is C24H27O3P. The van der Waals surface area contributed by atoms with Crippen molar-refractivity contribution in [3.63, 3.8) is 0 Å². The van der Waals surface area contributed by atoms with E-state index in [4.69, 9.17) is 9.05 Å². The first-order valence-electron chi connectivity index (χ1n) is 9.41. The summed E-state index contributed by atoms with van der Waals surface area (Å²) in [5.41, 5.74) is 5.97. The van der Waals surface area contributed by atoms with Crippen molar-refractivity contribution in [1.29, 1.82) is 0 Å². The molecule has 0 aliphatic carbocycles. The van der Waals surface area contributed by atoms with Crippen molar-refractivity contribution < 1.29 is 13.6 Å². The van der Waals surface area contributed by atoms with Crippen LogP contribution in [0.15, 0.2) is 54.6 Å². The standard InChI is InChI=1S/C24H27O3P/c1-16-12-14-18(3)23(20(16)5)26-28(25,22-10-8-7-9-11-22)27-24-19(4)15-13-17(2)21(24)6/h7-15H,1-6H3. The Morgan fingerprint density at radius 3 is 1.39 bits per heavy atom. The molecule has 3 nitrogen and oxygen atoms in total. The number of hydrogen-bond donors (Lipinski definition) is 0. The van der Waals surface area contributed by atoms with E-state index in [1.807, 2.05) is 84.0 Å². The molecule has 0 bridgehead atoms. The molecule has 0 aliphatic heterocycles. The summed E-state index contributed by atoms with van der Waals surface area (Å²) in [7, 11) is -3.66. The summed E-state index contributed by atoms with van der Waals surface area (Å²) in [6.07, 6.45) is 0. The molecule has 3 aromatic rings. The van der Waals surface area contributed by atoms with Gasteiger partial charge in [-0.05, 0) is 87.1 Å². The monoisotopic (exact) mass is 394 g/mol. The van der Waals surface area contributed by atoms with Crippen LogP contribution < -0.4 is 14.4 Å². The van der Waals surface area contributed by atoms with Gasteiger partial charge in [0.05, 0.1) is 5.30 Å². The normalized spacial score (nSPS) is 11.4. The maximum atomic E-state index is 14.1. The molecule has 3 rings (SSSR count). The average Bonchev–Trinajstić information content (AvgIpc) is 2.69. The minimum atomic E-state index is -3.66. The Balaban J connectivity index is 2.15. The lowest BCUT2D eigenvalue weighted by molar-refractivity contribution is 0.394. The van der Waals surface area contributed by atoms with Crippen molar-refractivity contribution in [2.24, 2.45) is 0 Å². The summed E-state index contributed by atoms with van der Waals surface area (Å²) >= 11 is 0. The van der Waals surface area contributed by atoms with Crippen LogP contribution in [-0.4, -0.2) is 0 Å². The molecule has 0 amide bonds. The Hall–Kier alpha value is -2.51. The predicted octanol–water partition coefficient (Wildman–Crippen LogP) is 6.51. The molecule has 0 radical (unpaired) electrons. The van der Waals surface area contributed by atoms with Gasteiger partial charge in [-0.3, -0.25) is 0 Å². The van der Waals surface area contributed by atoms with Crippen molar-refractivity contribution in [3.05, 3.63) is 88.0 Å². The van der Waals surface area contributed by atoms with Crippen molar-refractivity contribution in [2.45, 2.75) is 41.5 Å². The highest BCUT2D eigenvalue weighted by atomic mass is 31.2. The van der Waals surface area contributed by atoms with Gasteiger partial charge in [-0.15, -0.1) is 0 Å². The summed E-state index contributed by atoms with van der Waals surface area (Å²) in [5.74, 6) is 1.24. The maximum Gasteiger partial charge on any atom is 0.462 e. The van der Waals surface area contributed by atoms with E-state index < -0.39 is 7.60 Å². The molecule has 28 heavy (non-hydrogen) atoms. The highest BCUT2D eigenvalue weighted by Gasteiger charge is 2.33. The lowest BCUT2D eigenvalue weighted by Crippen LogP contribution is -2.16. The van der Waals surface area contributed by atoms with Gasteiger partial charge in [0, 0.05) is 0 Å². The van der Waals surface area contributed by atoms with E-state index in [9.17, 15) is 4.57 Å². The molecular weight excluding hydrogens is 367 g/mol. The second kappa shape index (κ2) is 7.85. The molecule has 0 heterocycles. The van der Waals surface area contributed by atoms with Crippen LogP contribution in [0.2, 0.25) is 0 Å². The van der Waals surface area contributed by atoms with E-state index in [0.717, 1.165) is 33.4 Å². The van der Waals surface area contributed by atoms with Crippen LogP contribution >= 0.6 is 7.60 Å². The third kappa shape index (κ3) is 3.86. The van der Waals surface area contributed by atoms with E-state index in [-0.39, 0.29) is 0 Å². The topological polar surface area (TPSA) is 35.5 Å². The average molecular weight is 394 g/mol. The molecule has 0 saturated heterocycles. The fraction of sp³-hybridized carbons (Fsp3) is 0.250. The van der Waals surface area contributed by atoms with E-state index in [1.165, 1.54) is 0 Å². The van der Waals surface area contributed by atoms with Gasteiger partial charge in [-0.25, -0.2) is 4.57 Å². The van der Waals surface area contributed by atoms with Crippen LogP contribution in [0.4, 0.5) is 0 Å². The Morgan fingerprint density at radius 1 is 0.571 bits per heavy atom. The van der Waals surface area contributed by atoms with Crippen molar-refractivity contribution in [2.75, 3.05) is 0 Å². The van der Waals surface area contributed by atoms with Crippen molar-refractivity contribution >= 4 is 12.9 Å². The molecule has 4 heteroatoms. The van der Waals surface area contributed by atoms with Gasteiger partial charge in [-0.1, -0.05) is 42.5 Å². The zero-order chi connectivity index (χ0) is 20.5. The Morgan fingerprint density at radius 2 is 0.964 bits per heavy atom. The zero-order valence-corrected chi connectivity index (χ0v) is 18.3. The first kappa shape index (κ1) is 20.2. The predicted molar refractivity (Wildman–Crippen MR) is 116 cm³/mol. The Bertz CT molecular complexity index is 992. The number of hydrogen-bond acceptors (Lipinski definition) is 3. The minimum Gasteiger partial charge on any atom is -0.412 e. The van der Waals surface area contributed by atoms with E-state index >= 15 is 0 Å². The second-order valence-electron chi connectivity index (χ2n) is 7.32. The third-order valence-corrected chi connectivity index (χ3v) is 7.02. The molecule has 0 fully saturated rings. The molecule has 0 unspecified atom stereocenters. The Kier molecular flexibility index (Phi) is 5.67. The van der Waals surface area contributed by atoms with E-state index in [0.29, 0.717) is 16.8 Å². The molecule has 146 valence electrons. The number of aryl methyl sites for hydroxylation is 4. The number of benzene rings is 3. The lowest BCUT2D eigenvalue weighted by Gasteiger charge is -2.25. The van der Waals surface area contributed by atoms with Gasteiger partial charge < -0.3 is 9.05 Å².